The zero-order valence-corrected chi connectivity index (χ0v) is 15.3. The molecule has 1 amide bonds. The van der Waals surface area contributed by atoms with E-state index in [9.17, 15) is 9.90 Å². The third-order valence-electron chi connectivity index (χ3n) is 4.81. The second-order valence-corrected chi connectivity index (χ2v) is 7.05. The molecule has 1 aliphatic heterocycles. The molecule has 0 spiro atoms. The highest BCUT2D eigenvalue weighted by Crippen LogP contribution is 2.26. The summed E-state index contributed by atoms with van der Waals surface area (Å²) in [5.74, 6) is -0.139. The van der Waals surface area contributed by atoms with E-state index < -0.39 is 5.54 Å². The Labute approximate surface area is 152 Å². The van der Waals surface area contributed by atoms with E-state index in [0.29, 0.717) is 36.6 Å². The fourth-order valence-corrected chi connectivity index (χ4v) is 3.68. The van der Waals surface area contributed by atoms with Crippen LogP contribution in [0.1, 0.15) is 34.6 Å². The Balaban J connectivity index is 1.90. The summed E-state index contributed by atoms with van der Waals surface area (Å²) < 4.78 is 7.46. The summed E-state index contributed by atoms with van der Waals surface area (Å²) in [5, 5.41) is 13.1. The molecule has 3 rings (SSSR count). The molecule has 0 radical (unpaired) electrons. The zero-order valence-electron chi connectivity index (χ0n) is 14.5. The number of carbonyl (C=O) groups is 1. The molecule has 0 bridgehead atoms. The molecule has 2 N–H and O–H groups in total. The number of halogens is 1. The molecule has 1 fully saturated rings. The minimum atomic E-state index is -0.482. The van der Waals surface area contributed by atoms with Crippen LogP contribution < -0.4 is 5.32 Å². The van der Waals surface area contributed by atoms with Gasteiger partial charge in [-0.1, -0.05) is 17.7 Å². The summed E-state index contributed by atoms with van der Waals surface area (Å²) in [4.78, 5) is 12.9. The second kappa shape index (κ2) is 7.20. The number of nitrogens with one attached hydrogen (secondary N) is 1. The van der Waals surface area contributed by atoms with Gasteiger partial charge >= 0.3 is 0 Å². The monoisotopic (exact) mass is 362 g/mol. The van der Waals surface area contributed by atoms with E-state index in [1.54, 1.807) is 0 Å². The number of aryl methyl sites for hydroxylation is 1. The number of hydrogen-bond donors (Lipinski definition) is 2. The number of ether oxygens (including phenoxy) is 1. The first-order chi connectivity index (χ1) is 12.0. The molecule has 0 aliphatic carbocycles. The van der Waals surface area contributed by atoms with Crippen LogP contribution in [-0.2, 0) is 4.74 Å². The summed E-state index contributed by atoms with van der Waals surface area (Å²) >= 11 is 6.11. The lowest BCUT2D eigenvalue weighted by Crippen LogP contribution is -2.49. The van der Waals surface area contributed by atoms with E-state index in [-0.39, 0.29) is 12.5 Å². The fourth-order valence-electron chi connectivity index (χ4n) is 3.49. The van der Waals surface area contributed by atoms with Crippen LogP contribution >= 0.6 is 11.6 Å². The Kier molecular flexibility index (Phi) is 5.18. The van der Waals surface area contributed by atoms with Crippen molar-refractivity contribution < 1.29 is 14.6 Å². The molecule has 1 aromatic heterocycles. The number of aliphatic hydroxyl groups excluding tert-OH is 1. The van der Waals surface area contributed by atoms with Crippen LogP contribution in [0.3, 0.4) is 0 Å². The molecule has 1 atom stereocenters. The van der Waals surface area contributed by atoms with Gasteiger partial charge in [-0.25, -0.2) is 0 Å². The molecule has 2 aromatic rings. The Bertz CT molecular complexity index is 779. The highest BCUT2D eigenvalue weighted by molar-refractivity contribution is 6.30. The van der Waals surface area contributed by atoms with Crippen LogP contribution in [0, 0.1) is 13.8 Å². The first-order valence-corrected chi connectivity index (χ1v) is 8.79. The summed E-state index contributed by atoms with van der Waals surface area (Å²) in [7, 11) is 0. The Morgan fingerprint density at radius 1 is 1.40 bits per heavy atom. The van der Waals surface area contributed by atoms with Gasteiger partial charge in [0.1, 0.15) is 0 Å². The molecule has 2 heterocycles. The van der Waals surface area contributed by atoms with Crippen LogP contribution in [0.5, 0.6) is 0 Å². The number of carbonyl (C=O) groups excluding carboxylic acids is 1. The van der Waals surface area contributed by atoms with Crippen LogP contribution in [-0.4, -0.2) is 40.9 Å². The molecule has 1 aliphatic rings. The highest BCUT2D eigenvalue weighted by Gasteiger charge is 2.36. The molecule has 25 heavy (non-hydrogen) atoms. The number of aliphatic hydroxyl groups is 1. The molecule has 1 aromatic carbocycles. The summed E-state index contributed by atoms with van der Waals surface area (Å²) in [6.45, 7) is 4.94. The quantitative estimate of drug-likeness (QED) is 0.859. The standard InChI is InChI=1S/C19H23ClN2O3/c1-13-10-17(14(2)22(13)16-5-3-4-15(20)11-16)18(24)21-19(6-8-23)7-9-25-12-19/h3-5,10-11,23H,6-9,12H2,1-2H3,(H,21,24)/t19-/m0/s1. The molecule has 1 saturated heterocycles. The van der Waals surface area contributed by atoms with Crippen molar-refractivity contribution in [2.24, 2.45) is 0 Å². The van der Waals surface area contributed by atoms with Gasteiger partial charge in [-0.3, -0.25) is 4.79 Å². The van der Waals surface area contributed by atoms with Gasteiger partial charge in [0.25, 0.3) is 5.91 Å². The average molecular weight is 363 g/mol. The highest BCUT2D eigenvalue weighted by atomic mass is 35.5. The molecular formula is C19H23ClN2O3. The zero-order chi connectivity index (χ0) is 18.0. The fraction of sp³-hybridized carbons (Fsp3) is 0.421. The molecule has 6 heteroatoms. The van der Waals surface area contributed by atoms with Gasteiger partial charge in [0.2, 0.25) is 0 Å². The third-order valence-corrected chi connectivity index (χ3v) is 5.05. The minimum Gasteiger partial charge on any atom is -0.396 e. The van der Waals surface area contributed by atoms with Gasteiger partial charge in [0, 0.05) is 35.3 Å². The largest absolute Gasteiger partial charge is 0.396 e. The number of benzene rings is 1. The van der Waals surface area contributed by atoms with Crippen LogP contribution in [0.2, 0.25) is 5.02 Å². The number of nitrogens with zero attached hydrogens (tertiary/aromatic N) is 1. The van der Waals surface area contributed by atoms with Crippen molar-refractivity contribution in [3.63, 3.8) is 0 Å². The van der Waals surface area contributed by atoms with Crippen molar-refractivity contribution in [3.8, 4) is 5.69 Å². The van der Waals surface area contributed by atoms with Gasteiger partial charge in [0.15, 0.2) is 0 Å². The van der Waals surface area contributed by atoms with Gasteiger partial charge < -0.3 is 19.7 Å². The lowest BCUT2D eigenvalue weighted by Gasteiger charge is -2.28. The van der Waals surface area contributed by atoms with E-state index in [2.05, 4.69) is 5.32 Å². The SMILES string of the molecule is Cc1cc(C(=O)N[C@@]2(CCO)CCOC2)c(C)n1-c1cccc(Cl)c1. The van der Waals surface area contributed by atoms with Gasteiger partial charge in [-0.15, -0.1) is 0 Å². The van der Waals surface area contributed by atoms with E-state index >= 15 is 0 Å². The number of aromatic nitrogens is 1. The Morgan fingerprint density at radius 3 is 2.84 bits per heavy atom. The smallest absolute Gasteiger partial charge is 0.253 e. The lowest BCUT2D eigenvalue weighted by atomic mass is 9.94. The maximum Gasteiger partial charge on any atom is 0.253 e. The molecule has 5 nitrogen and oxygen atoms in total. The van der Waals surface area contributed by atoms with Crippen molar-refractivity contribution in [2.45, 2.75) is 32.2 Å². The third kappa shape index (κ3) is 3.59. The first-order valence-electron chi connectivity index (χ1n) is 8.42. The number of hydrogen-bond acceptors (Lipinski definition) is 3. The summed E-state index contributed by atoms with van der Waals surface area (Å²) in [5.41, 5.74) is 2.89. The Morgan fingerprint density at radius 2 is 2.20 bits per heavy atom. The lowest BCUT2D eigenvalue weighted by molar-refractivity contribution is 0.0850. The van der Waals surface area contributed by atoms with Crippen molar-refractivity contribution >= 4 is 17.5 Å². The normalized spacial score (nSPS) is 20.0. The van der Waals surface area contributed by atoms with Crippen molar-refractivity contribution in [3.05, 3.63) is 52.3 Å². The minimum absolute atomic E-state index is 0.0190. The predicted octanol–water partition coefficient (Wildman–Crippen LogP) is 3.02. The number of rotatable bonds is 5. The van der Waals surface area contributed by atoms with Crippen molar-refractivity contribution in [1.82, 2.24) is 9.88 Å². The van der Waals surface area contributed by atoms with E-state index in [1.165, 1.54) is 0 Å². The van der Waals surface area contributed by atoms with Crippen molar-refractivity contribution in [1.29, 1.82) is 0 Å². The van der Waals surface area contributed by atoms with Crippen LogP contribution in [0.25, 0.3) is 5.69 Å². The van der Waals surface area contributed by atoms with Gasteiger partial charge in [0.05, 0.1) is 17.7 Å². The van der Waals surface area contributed by atoms with E-state index in [4.69, 9.17) is 16.3 Å². The van der Waals surface area contributed by atoms with Gasteiger partial charge in [-0.2, -0.15) is 0 Å². The predicted molar refractivity (Wildman–Crippen MR) is 97.6 cm³/mol. The van der Waals surface area contributed by atoms with Crippen LogP contribution in [0.4, 0.5) is 0 Å². The summed E-state index contributed by atoms with van der Waals surface area (Å²) in [6.07, 6.45) is 1.21. The topological polar surface area (TPSA) is 63.5 Å². The maximum absolute atomic E-state index is 12.9. The number of amides is 1. The molecule has 0 unspecified atom stereocenters. The van der Waals surface area contributed by atoms with Gasteiger partial charge in [-0.05, 0) is 51.0 Å². The molecular weight excluding hydrogens is 340 g/mol. The van der Waals surface area contributed by atoms with Crippen LogP contribution in [0.15, 0.2) is 30.3 Å². The van der Waals surface area contributed by atoms with Crippen molar-refractivity contribution in [2.75, 3.05) is 19.8 Å². The van der Waals surface area contributed by atoms with E-state index in [1.807, 2.05) is 48.7 Å². The first kappa shape index (κ1) is 18.0. The van der Waals surface area contributed by atoms with E-state index in [0.717, 1.165) is 17.1 Å². The maximum atomic E-state index is 12.9. The molecule has 0 saturated carbocycles. The second-order valence-electron chi connectivity index (χ2n) is 6.61. The molecule has 134 valence electrons. The Hall–Kier alpha value is -1.82. The summed E-state index contributed by atoms with van der Waals surface area (Å²) in [6, 6.07) is 9.44. The average Bonchev–Trinajstić information content (AvgIpc) is 3.12.